The normalized spacial score (nSPS) is 12.0. The maximum atomic E-state index is 5.43. The van der Waals surface area contributed by atoms with Crippen LogP contribution in [0.3, 0.4) is 0 Å². The van der Waals surface area contributed by atoms with Crippen LogP contribution < -0.4 is 0 Å². The van der Waals surface area contributed by atoms with Gasteiger partial charge in [0.15, 0.2) is 5.82 Å². The third kappa shape index (κ3) is 3.81. The lowest BCUT2D eigenvalue weighted by Crippen LogP contribution is -2.00. The van der Waals surface area contributed by atoms with E-state index in [4.69, 9.17) is 9.97 Å². The topological polar surface area (TPSA) is 35.6 Å². The molecule has 8 aromatic carbocycles. The third-order valence-electron chi connectivity index (χ3n) is 10.3. The first-order chi connectivity index (χ1) is 24.8. The summed E-state index contributed by atoms with van der Waals surface area (Å²) in [5.41, 5.74) is 9.95. The average molecular weight is 637 g/mol. The summed E-state index contributed by atoms with van der Waals surface area (Å²) in [6.07, 6.45) is 1.94. The van der Waals surface area contributed by atoms with Crippen LogP contribution in [-0.2, 0) is 0 Å². The van der Waals surface area contributed by atoms with E-state index < -0.39 is 0 Å². The standard InChI is InChI=1S/C46H28N4/c1-2-13-29(14-3-1)30-15-12-16-31(25-30)49-40-23-10-8-19-34(40)38-27-43-39(26-42(38)49)35-20-9-11-24-41(35)50(43)44-28-47-45-36-21-6-4-17-32(36)33-18-5-7-22-37(33)46(45)48-44/h1-28H. The number of nitrogens with zero attached hydrogens (tertiary/aromatic N) is 4. The molecule has 0 spiro atoms. The van der Waals surface area contributed by atoms with Gasteiger partial charge in [-0.05, 0) is 58.3 Å². The molecule has 232 valence electrons. The first kappa shape index (κ1) is 27.2. The van der Waals surface area contributed by atoms with Gasteiger partial charge in [-0.1, -0.05) is 127 Å². The summed E-state index contributed by atoms with van der Waals surface area (Å²) in [4.78, 5) is 10.6. The Morgan fingerprint density at radius 1 is 0.340 bits per heavy atom. The van der Waals surface area contributed by atoms with Crippen molar-refractivity contribution in [1.82, 2.24) is 19.1 Å². The van der Waals surface area contributed by atoms with E-state index in [1.165, 1.54) is 54.5 Å². The second-order valence-corrected chi connectivity index (χ2v) is 13.0. The van der Waals surface area contributed by atoms with Crippen molar-refractivity contribution in [2.24, 2.45) is 0 Å². The molecule has 0 unspecified atom stereocenters. The van der Waals surface area contributed by atoms with Gasteiger partial charge in [-0.15, -0.1) is 0 Å². The second kappa shape index (κ2) is 10.4. The molecule has 0 saturated heterocycles. The number of hydrogen-bond acceptors (Lipinski definition) is 2. The number of aromatic nitrogens is 4. The predicted molar refractivity (Wildman–Crippen MR) is 209 cm³/mol. The number of para-hydroxylation sites is 2. The molecule has 0 aliphatic carbocycles. The Hall–Kier alpha value is -6.78. The molecule has 0 aliphatic heterocycles. The lowest BCUT2D eigenvalue weighted by atomic mass is 10.00. The molecule has 11 aromatic rings. The van der Waals surface area contributed by atoms with Crippen LogP contribution in [0.4, 0.5) is 0 Å². The van der Waals surface area contributed by atoms with Crippen molar-refractivity contribution < 1.29 is 0 Å². The highest BCUT2D eigenvalue weighted by molar-refractivity contribution is 6.23. The maximum absolute atomic E-state index is 5.43. The first-order valence-corrected chi connectivity index (χ1v) is 17.0. The van der Waals surface area contributed by atoms with Crippen LogP contribution in [-0.4, -0.2) is 19.1 Å². The Labute approximate surface area is 287 Å². The van der Waals surface area contributed by atoms with Gasteiger partial charge in [-0.25, -0.2) is 4.98 Å². The molecule has 4 heteroatoms. The quantitative estimate of drug-likeness (QED) is 0.181. The Kier molecular flexibility index (Phi) is 5.63. The lowest BCUT2D eigenvalue weighted by molar-refractivity contribution is 1.08. The van der Waals surface area contributed by atoms with Gasteiger partial charge < -0.3 is 4.57 Å². The van der Waals surface area contributed by atoms with Crippen LogP contribution in [0.5, 0.6) is 0 Å². The van der Waals surface area contributed by atoms with E-state index in [0.29, 0.717) is 0 Å². The number of hydrogen-bond donors (Lipinski definition) is 0. The predicted octanol–water partition coefficient (Wildman–Crippen LogP) is 11.8. The third-order valence-corrected chi connectivity index (χ3v) is 10.3. The number of fused-ring (bicyclic) bond motifs is 12. The van der Waals surface area contributed by atoms with E-state index in [-0.39, 0.29) is 0 Å². The molecule has 0 bridgehead atoms. The SMILES string of the molecule is c1ccc(-c2cccc(-n3c4ccccc4c4cc5c(cc43)c3ccccc3n5-c3cnc4c5ccccc5c5ccccc5c4n3)c2)cc1. The molecule has 0 atom stereocenters. The molecule has 3 aromatic heterocycles. The monoisotopic (exact) mass is 636 g/mol. The molecule has 0 amide bonds. The van der Waals surface area contributed by atoms with Crippen molar-refractivity contribution in [3.63, 3.8) is 0 Å². The summed E-state index contributed by atoms with van der Waals surface area (Å²) in [5.74, 6) is 0.808. The van der Waals surface area contributed by atoms with E-state index in [2.05, 4.69) is 173 Å². The van der Waals surface area contributed by atoms with Gasteiger partial charge in [-0.3, -0.25) is 9.55 Å². The summed E-state index contributed by atoms with van der Waals surface area (Å²) < 4.78 is 4.71. The van der Waals surface area contributed by atoms with Crippen molar-refractivity contribution in [3.05, 3.63) is 170 Å². The van der Waals surface area contributed by atoms with Crippen LogP contribution in [0, 0.1) is 0 Å². The van der Waals surface area contributed by atoms with Gasteiger partial charge >= 0.3 is 0 Å². The molecule has 0 fully saturated rings. The smallest absolute Gasteiger partial charge is 0.156 e. The number of rotatable bonds is 3. The van der Waals surface area contributed by atoms with Crippen molar-refractivity contribution >= 4 is 76.2 Å². The summed E-state index contributed by atoms with van der Waals surface area (Å²) in [7, 11) is 0. The first-order valence-electron chi connectivity index (χ1n) is 17.0. The molecule has 0 saturated carbocycles. The van der Waals surface area contributed by atoms with Crippen LogP contribution in [0.25, 0.3) is 98.8 Å². The van der Waals surface area contributed by atoms with Gasteiger partial charge in [0.25, 0.3) is 0 Å². The molecular weight excluding hydrogens is 609 g/mol. The maximum Gasteiger partial charge on any atom is 0.156 e. The van der Waals surface area contributed by atoms with E-state index >= 15 is 0 Å². The molecule has 3 heterocycles. The fraction of sp³-hybridized carbons (Fsp3) is 0. The molecule has 0 aliphatic rings. The molecule has 0 N–H and O–H groups in total. The molecule has 4 nitrogen and oxygen atoms in total. The summed E-state index contributed by atoms with van der Waals surface area (Å²) in [6.45, 7) is 0. The average Bonchev–Trinajstić information content (AvgIpc) is 3.69. The highest BCUT2D eigenvalue weighted by atomic mass is 15.1. The largest absolute Gasteiger partial charge is 0.309 e. The molecular formula is C46H28N4. The lowest BCUT2D eigenvalue weighted by Gasteiger charge is -2.12. The van der Waals surface area contributed by atoms with Crippen LogP contribution in [0.15, 0.2) is 170 Å². The van der Waals surface area contributed by atoms with Crippen LogP contribution in [0.2, 0.25) is 0 Å². The Balaban J connectivity index is 1.22. The van der Waals surface area contributed by atoms with Gasteiger partial charge in [0.1, 0.15) is 0 Å². The second-order valence-electron chi connectivity index (χ2n) is 13.0. The van der Waals surface area contributed by atoms with Crippen molar-refractivity contribution in [1.29, 1.82) is 0 Å². The van der Waals surface area contributed by atoms with Gasteiger partial charge in [0, 0.05) is 38.0 Å². The minimum atomic E-state index is 0.808. The molecule has 11 rings (SSSR count). The summed E-state index contributed by atoms with van der Waals surface area (Å²) in [6, 6.07) is 58.6. The highest BCUT2D eigenvalue weighted by Gasteiger charge is 2.20. The van der Waals surface area contributed by atoms with Crippen LogP contribution >= 0.6 is 0 Å². The Morgan fingerprint density at radius 2 is 0.860 bits per heavy atom. The fourth-order valence-electron chi connectivity index (χ4n) is 8.13. The van der Waals surface area contributed by atoms with Crippen molar-refractivity contribution in [2.45, 2.75) is 0 Å². The molecule has 0 radical (unpaired) electrons. The van der Waals surface area contributed by atoms with E-state index in [9.17, 15) is 0 Å². The van der Waals surface area contributed by atoms with Crippen molar-refractivity contribution in [3.8, 4) is 22.6 Å². The molecule has 50 heavy (non-hydrogen) atoms. The van der Waals surface area contributed by atoms with Crippen molar-refractivity contribution in [2.75, 3.05) is 0 Å². The van der Waals surface area contributed by atoms with E-state index in [0.717, 1.165) is 44.3 Å². The van der Waals surface area contributed by atoms with Crippen LogP contribution in [0.1, 0.15) is 0 Å². The minimum absolute atomic E-state index is 0.808. The van der Waals surface area contributed by atoms with E-state index in [1.54, 1.807) is 0 Å². The fourth-order valence-corrected chi connectivity index (χ4v) is 8.13. The van der Waals surface area contributed by atoms with Gasteiger partial charge in [0.05, 0.1) is 39.3 Å². The van der Waals surface area contributed by atoms with Gasteiger partial charge in [-0.2, -0.15) is 0 Å². The zero-order valence-electron chi connectivity index (χ0n) is 27.0. The Morgan fingerprint density at radius 3 is 1.54 bits per heavy atom. The van der Waals surface area contributed by atoms with E-state index in [1.807, 2.05) is 6.20 Å². The zero-order valence-corrected chi connectivity index (χ0v) is 27.0. The highest BCUT2D eigenvalue weighted by Crippen LogP contribution is 2.40. The Bertz CT molecular complexity index is 3110. The summed E-state index contributed by atoms with van der Waals surface area (Å²) in [5, 5.41) is 9.40. The minimum Gasteiger partial charge on any atom is -0.309 e. The number of benzene rings is 8. The summed E-state index contributed by atoms with van der Waals surface area (Å²) >= 11 is 0. The van der Waals surface area contributed by atoms with Gasteiger partial charge in [0.2, 0.25) is 0 Å². The zero-order chi connectivity index (χ0) is 32.8.